The van der Waals surface area contributed by atoms with Crippen molar-refractivity contribution in [2.45, 2.75) is 32.7 Å². The first-order chi connectivity index (χ1) is 11.0. The smallest absolute Gasteiger partial charge is 0.313 e. The van der Waals surface area contributed by atoms with Crippen LogP contribution in [0.4, 0.5) is 5.69 Å². The van der Waals surface area contributed by atoms with Crippen LogP contribution in [0.25, 0.3) is 0 Å². The van der Waals surface area contributed by atoms with E-state index in [2.05, 4.69) is 10.2 Å². The van der Waals surface area contributed by atoms with E-state index in [1.165, 1.54) is 19.6 Å². The molecule has 2 unspecified atom stereocenters. The molecule has 1 aliphatic carbocycles. The highest BCUT2D eigenvalue weighted by molar-refractivity contribution is 5.88. The fraction of sp³-hybridized carbons (Fsp3) is 0.556. The van der Waals surface area contributed by atoms with Crippen molar-refractivity contribution in [2.24, 2.45) is 11.3 Å². The van der Waals surface area contributed by atoms with E-state index in [1.807, 2.05) is 24.3 Å². The number of fused-ring (bicyclic) bond motifs is 1. The number of ether oxygens (including phenoxy) is 1. The number of carbonyl (C=O) groups is 2. The summed E-state index contributed by atoms with van der Waals surface area (Å²) in [7, 11) is 1.50. The Bertz CT molecular complexity index is 599. The minimum absolute atomic E-state index is 0.0384. The van der Waals surface area contributed by atoms with Crippen LogP contribution < -0.4 is 5.32 Å². The lowest BCUT2D eigenvalue weighted by Crippen LogP contribution is -2.36. The van der Waals surface area contributed by atoms with Gasteiger partial charge in [-0.15, -0.1) is 0 Å². The lowest BCUT2D eigenvalue weighted by atomic mass is 9.81. The zero-order chi connectivity index (χ0) is 16.4. The van der Waals surface area contributed by atoms with Gasteiger partial charge in [-0.3, -0.25) is 14.5 Å². The summed E-state index contributed by atoms with van der Waals surface area (Å²) in [6.45, 7) is 4.08. The van der Waals surface area contributed by atoms with Crippen molar-refractivity contribution < 1.29 is 14.3 Å². The molecule has 5 nitrogen and oxygen atoms in total. The maximum atomic E-state index is 12.3. The number of anilines is 1. The number of nitrogens with zero attached hydrogens (tertiary/aromatic N) is 1. The number of benzene rings is 1. The summed E-state index contributed by atoms with van der Waals surface area (Å²) in [6.07, 6.45) is 3.19. The molecule has 1 saturated carbocycles. The molecule has 5 heteroatoms. The lowest BCUT2D eigenvalue weighted by molar-refractivity contribution is -0.153. The van der Waals surface area contributed by atoms with Gasteiger partial charge < -0.3 is 10.1 Å². The van der Waals surface area contributed by atoms with Crippen molar-refractivity contribution in [1.29, 1.82) is 0 Å². The van der Waals surface area contributed by atoms with E-state index < -0.39 is 0 Å². The molecule has 2 aliphatic rings. The van der Waals surface area contributed by atoms with Gasteiger partial charge in [-0.25, -0.2) is 0 Å². The summed E-state index contributed by atoms with van der Waals surface area (Å²) in [4.78, 5) is 25.7. The minimum Gasteiger partial charge on any atom is -0.469 e. The minimum atomic E-state index is -0.287. The second-order valence-corrected chi connectivity index (χ2v) is 6.78. The van der Waals surface area contributed by atoms with E-state index in [4.69, 9.17) is 4.74 Å². The van der Waals surface area contributed by atoms with E-state index in [-0.39, 0.29) is 17.3 Å². The van der Waals surface area contributed by atoms with Gasteiger partial charge in [0.1, 0.15) is 0 Å². The Morgan fingerprint density at radius 3 is 2.74 bits per heavy atom. The van der Waals surface area contributed by atoms with Crippen LogP contribution in [0.5, 0.6) is 0 Å². The number of carbonyl (C=O) groups excluding carboxylic acids is 2. The van der Waals surface area contributed by atoms with E-state index in [1.54, 1.807) is 0 Å². The number of methoxy groups -OCH3 is 1. The topological polar surface area (TPSA) is 58.6 Å². The predicted molar refractivity (Wildman–Crippen MR) is 87.8 cm³/mol. The summed E-state index contributed by atoms with van der Waals surface area (Å²) in [5.74, 6) is 0.322. The highest BCUT2D eigenvalue weighted by Gasteiger charge is 2.55. The summed E-state index contributed by atoms with van der Waals surface area (Å²) in [5.41, 5.74) is 1.72. The van der Waals surface area contributed by atoms with E-state index in [0.29, 0.717) is 5.92 Å². The lowest BCUT2D eigenvalue weighted by Gasteiger charge is -2.25. The number of rotatable bonds is 4. The van der Waals surface area contributed by atoms with Crippen molar-refractivity contribution in [3.05, 3.63) is 29.8 Å². The fourth-order valence-corrected chi connectivity index (χ4v) is 4.21. The van der Waals surface area contributed by atoms with Gasteiger partial charge in [0.2, 0.25) is 5.91 Å². The molecule has 1 N–H and O–H groups in total. The van der Waals surface area contributed by atoms with Gasteiger partial charge in [-0.05, 0) is 36.5 Å². The van der Waals surface area contributed by atoms with Crippen LogP contribution in [-0.2, 0) is 20.9 Å². The highest BCUT2D eigenvalue weighted by atomic mass is 16.5. The van der Waals surface area contributed by atoms with E-state index >= 15 is 0 Å². The molecule has 23 heavy (non-hydrogen) atoms. The van der Waals surface area contributed by atoms with Gasteiger partial charge in [0.05, 0.1) is 12.5 Å². The second-order valence-electron chi connectivity index (χ2n) is 6.78. The van der Waals surface area contributed by atoms with Crippen molar-refractivity contribution in [3.63, 3.8) is 0 Å². The van der Waals surface area contributed by atoms with Crippen LogP contribution in [0, 0.1) is 11.3 Å². The Hall–Kier alpha value is -1.88. The molecule has 1 amide bonds. The SMILES string of the molecule is COC(=O)C12CCCC1CN(Cc1ccc(NC(C)=O)cc1)C2. The van der Waals surface area contributed by atoms with Crippen LogP contribution in [-0.4, -0.2) is 37.0 Å². The second kappa shape index (κ2) is 6.32. The zero-order valence-electron chi connectivity index (χ0n) is 13.8. The number of esters is 1. The van der Waals surface area contributed by atoms with Gasteiger partial charge in [0.15, 0.2) is 0 Å². The number of hydrogen-bond acceptors (Lipinski definition) is 4. The van der Waals surface area contributed by atoms with E-state index in [9.17, 15) is 9.59 Å². The molecule has 1 aliphatic heterocycles. The molecule has 0 spiro atoms. The molecular formula is C18H24N2O3. The summed E-state index contributed by atoms with van der Waals surface area (Å²) < 4.78 is 5.08. The Morgan fingerprint density at radius 1 is 1.35 bits per heavy atom. The standard InChI is InChI=1S/C18H24N2O3/c1-13(21)19-16-7-5-14(6-8-16)10-20-11-15-4-3-9-18(15,12-20)17(22)23-2/h5-8,15H,3-4,9-12H2,1-2H3,(H,19,21). The number of nitrogens with one attached hydrogen (secondary N) is 1. The van der Waals surface area contributed by atoms with Crippen LogP contribution in [0.3, 0.4) is 0 Å². The Labute approximate surface area is 137 Å². The summed E-state index contributed by atoms with van der Waals surface area (Å²) in [5, 5.41) is 2.77. The van der Waals surface area contributed by atoms with Gasteiger partial charge in [-0.2, -0.15) is 0 Å². The molecular weight excluding hydrogens is 292 g/mol. The first kappa shape index (κ1) is 16.0. The van der Waals surface area contributed by atoms with Crippen molar-refractivity contribution >= 4 is 17.6 Å². The molecule has 124 valence electrons. The Morgan fingerprint density at radius 2 is 2.09 bits per heavy atom. The van der Waals surface area contributed by atoms with E-state index in [0.717, 1.165) is 44.6 Å². The van der Waals surface area contributed by atoms with Gasteiger partial charge in [0, 0.05) is 32.2 Å². The molecule has 0 aromatic heterocycles. The normalized spacial score (nSPS) is 26.8. The first-order valence-corrected chi connectivity index (χ1v) is 8.21. The first-order valence-electron chi connectivity index (χ1n) is 8.21. The third-order valence-electron chi connectivity index (χ3n) is 5.21. The van der Waals surface area contributed by atoms with Crippen LogP contribution >= 0.6 is 0 Å². The highest BCUT2D eigenvalue weighted by Crippen LogP contribution is 2.49. The van der Waals surface area contributed by atoms with Crippen LogP contribution in [0.15, 0.2) is 24.3 Å². The average molecular weight is 316 g/mol. The maximum absolute atomic E-state index is 12.3. The van der Waals surface area contributed by atoms with Crippen LogP contribution in [0.1, 0.15) is 31.7 Å². The fourth-order valence-electron chi connectivity index (χ4n) is 4.21. The van der Waals surface area contributed by atoms with Crippen LogP contribution in [0.2, 0.25) is 0 Å². The molecule has 3 rings (SSSR count). The maximum Gasteiger partial charge on any atom is 0.313 e. The number of hydrogen-bond donors (Lipinski definition) is 1. The third kappa shape index (κ3) is 3.11. The Kier molecular flexibility index (Phi) is 4.39. The molecule has 1 saturated heterocycles. The van der Waals surface area contributed by atoms with Gasteiger partial charge in [0.25, 0.3) is 0 Å². The number of likely N-dealkylation sites (tertiary alicyclic amines) is 1. The molecule has 2 fully saturated rings. The molecule has 1 heterocycles. The molecule has 1 aromatic carbocycles. The average Bonchev–Trinajstić information content (AvgIpc) is 3.05. The molecule has 0 radical (unpaired) electrons. The molecule has 1 aromatic rings. The van der Waals surface area contributed by atoms with Crippen molar-refractivity contribution in [1.82, 2.24) is 4.90 Å². The predicted octanol–water partition coefficient (Wildman–Crippen LogP) is 2.42. The molecule has 2 atom stereocenters. The monoisotopic (exact) mass is 316 g/mol. The third-order valence-corrected chi connectivity index (χ3v) is 5.21. The van der Waals surface area contributed by atoms with Gasteiger partial charge >= 0.3 is 5.97 Å². The largest absolute Gasteiger partial charge is 0.469 e. The van der Waals surface area contributed by atoms with Crippen molar-refractivity contribution in [3.8, 4) is 0 Å². The Balaban J connectivity index is 1.66. The quantitative estimate of drug-likeness (QED) is 0.867. The summed E-state index contributed by atoms with van der Waals surface area (Å²) >= 11 is 0. The molecule has 0 bridgehead atoms. The van der Waals surface area contributed by atoms with Gasteiger partial charge in [-0.1, -0.05) is 18.6 Å². The summed E-state index contributed by atoms with van der Waals surface area (Å²) in [6, 6.07) is 7.90. The number of amides is 1. The zero-order valence-corrected chi connectivity index (χ0v) is 13.8. The van der Waals surface area contributed by atoms with Crippen molar-refractivity contribution in [2.75, 3.05) is 25.5 Å².